The smallest absolute Gasteiger partial charge is 0.335 e. The van der Waals surface area contributed by atoms with Crippen LogP contribution in [-0.2, 0) is 6.18 Å². The Balaban J connectivity index is 1.72. The van der Waals surface area contributed by atoms with Crippen molar-refractivity contribution in [2.45, 2.75) is 25.6 Å². The molecule has 1 fully saturated rings. The molecule has 0 radical (unpaired) electrons. The summed E-state index contributed by atoms with van der Waals surface area (Å²) in [5.41, 5.74) is -0.682. The summed E-state index contributed by atoms with van der Waals surface area (Å²) in [4.78, 5) is 14.6. The first-order valence-electron chi connectivity index (χ1n) is 7.52. The van der Waals surface area contributed by atoms with Crippen molar-refractivity contribution < 1.29 is 18.0 Å². The minimum atomic E-state index is -4.36. The van der Waals surface area contributed by atoms with Crippen LogP contribution in [0.4, 0.5) is 13.2 Å². The Bertz CT molecular complexity index is 720. The Morgan fingerprint density at radius 3 is 2.74 bits per heavy atom. The lowest BCUT2D eigenvalue weighted by Crippen LogP contribution is -2.59. The van der Waals surface area contributed by atoms with Crippen molar-refractivity contribution in [3.63, 3.8) is 0 Å². The molecule has 1 aliphatic heterocycles. The molecule has 0 saturated carbocycles. The highest BCUT2D eigenvalue weighted by molar-refractivity contribution is 7.20. The van der Waals surface area contributed by atoms with Crippen molar-refractivity contribution in [3.05, 3.63) is 34.7 Å². The summed E-state index contributed by atoms with van der Waals surface area (Å²) >= 11 is 1.12. The predicted molar refractivity (Wildman–Crippen MR) is 84.8 cm³/mol. The molecular weight excluding hydrogens is 325 g/mol. The number of nitrogens with one attached hydrogen (secondary N) is 1. The van der Waals surface area contributed by atoms with Crippen LogP contribution >= 0.6 is 11.3 Å². The number of amides is 1. The Hall–Kier alpha value is -1.60. The van der Waals surface area contributed by atoms with E-state index in [1.807, 2.05) is 0 Å². The summed E-state index contributed by atoms with van der Waals surface area (Å²) in [6.07, 6.45) is -3.32. The van der Waals surface area contributed by atoms with Gasteiger partial charge in [0.15, 0.2) is 0 Å². The van der Waals surface area contributed by atoms with Crippen molar-refractivity contribution in [3.8, 4) is 0 Å². The topological polar surface area (TPSA) is 32.3 Å². The minimum Gasteiger partial charge on any atom is -0.335 e. The fourth-order valence-corrected chi connectivity index (χ4v) is 3.66. The van der Waals surface area contributed by atoms with Crippen molar-refractivity contribution in [1.82, 2.24) is 10.2 Å². The van der Waals surface area contributed by atoms with Gasteiger partial charge in [-0.1, -0.05) is 13.0 Å². The van der Waals surface area contributed by atoms with Crippen LogP contribution in [0, 0.1) is 0 Å². The Labute approximate surface area is 136 Å². The third kappa shape index (κ3) is 3.35. The largest absolute Gasteiger partial charge is 0.416 e. The van der Waals surface area contributed by atoms with E-state index in [0.29, 0.717) is 34.1 Å². The van der Waals surface area contributed by atoms with Crippen molar-refractivity contribution in [2.24, 2.45) is 0 Å². The average Bonchev–Trinajstić information content (AvgIpc) is 2.87. The number of alkyl halides is 3. The Kier molecular flexibility index (Phi) is 4.33. The second-order valence-electron chi connectivity index (χ2n) is 5.72. The fourth-order valence-electron chi connectivity index (χ4n) is 2.59. The van der Waals surface area contributed by atoms with Crippen LogP contribution in [0.25, 0.3) is 10.1 Å². The van der Waals surface area contributed by atoms with Crippen LogP contribution in [-0.4, -0.2) is 36.5 Å². The van der Waals surface area contributed by atoms with E-state index in [1.165, 1.54) is 6.07 Å². The standard InChI is InChI=1S/C16H17F3N2OS/c1-2-5-20-12-8-21(9-12)15(22)14-6-10-3-4-11(16(17,18)19)7-13(10)23-14/h3-4,6-7,12,20H,2,5,8-9H2,1H3. The number of likely N-dealkylation sites (tertiary alicyclic amines) is 1. The molecule has 7 heteroatoms. The van der Waals surface area contributed by atoms with E-state index in [-0.39, 0.29) is 5.91 Å². The van der Waals surface area contributed by atoms with Crippen LogP contribution in [0.5, 0.6) is 0 Å². The molecule has 1 aromatic heterocycles. The van der Waals surface area contributed by atoms with Gasteiger partial charge in [0.2, 0.25) is 0 Å². The number of carbonyl (C=O) groups is 1. The molecule has 1 saturated heterocycles. The first kappa shape index (κ1) is 16.3. The number of benzene rings is 1. The zero-order valence-corrected chi connectivity index (χ0v) is 13.4. The van der Waals surface area contributed by atoms with Crippen LogP contribution in [0.2, 0.25) is 0 Å². The maximum atomic E-state index is 12.7. The number of hydrogen-bond donors (Lipinski definition) is 1. The van der Waals surface area contributed by atoms with E-state index >= 15 is 0 Å². The quantitative estimate of drug-likeness (QED) is 0.918. The van der Waals surface area contributed by atoms with Crippen molar-refractivity contribution in [1.29, 1.82) is 0 Å². The molecule has 0 atom stereocenters. The molecule has 1 aromatic carbocycles. The Morgan fingerprint density at radius 1 is 1.35 bits per heavy atom. The zero-order valence-electron chi connectivity index (χ0n) is 12.6. The minimum absolute atomic E-state index is 0.102. The number of hydrogen-bond acceptors (Lipinski definition) is 3. The second-order valence-corrected chi connectivity index (χ2v) is 6.81. The van der Waals surface area contributed by atoms with E-state index in [0.717, 1.165) is 36.4 Å². The van der Waals surface area contributed by atoms with Crippen molar-refractivity contribution >= 4 is 27.3 Å². The first-order valence-corrected chi connectivity index (χ1v) is 8.33. The normalized spacial score (nSPS) is 15.9. The SMILES string of the molecule is CCCNC1CN(C(=O)c2cc3ccc(C(F)(F)F)cc3s2)C1. The molecular formula is C16H17F3N2OS. The summed E-state index contributed by atoms with van der Waals surface area (Å²) in [6, 6.07) is 5.59. The molecule has 1 N–H and O–H groups in total. The third-order valence-electron chi connectivity index (χ3n) is 3.91. The van der Waals surface area contributed by atoms with Gasteiger partial charge < -0.3 is 10.2 Å². The molecule has 0 aliphatic carbocycles. The lowest BCUT2D eigenvalue weighted by molar-refractivity contribution is -0.137. The fraction of sp³-hybridized carbons (Fsp3) is 0.438. The number of rotatable bonds is 4. The molecule has 3 rings (SSSR count). The predicted octanol–water partition coefficient (Wildman–Crippen LogP) is 3.74. The molecule has 124 valence electrons. The molecule has 2 heterocycles. The highest BCUT2D eigenvalue weighted by Gasteiger charge is 2.33. The Morgan fingerprint density at radius 2 is 2.09 bits per heavy atom. The second kappa shape index (κ2) is 6.13. The van der Waals surface area contributed by atoms with Gasteiger partial charge in [-0.2, -0.15) is 13.2 Å². The molecule has 23 heavy (non-hydrogen) atoms. The molecule has 0 unspecified atom stereocenters. The summed E-state index contributed by atoms with van der Waals surface area (Å²) in [5.74, 6) is -0.102. The van der Waals surface area contributed by atoms with Gasteiger partial charge in [0.25, 0.3) is 5.91 Å². The summed E-state index contributed by atoms with van der Waals surface area (Å²) in [7, 11) is 0. The van der Waals surface area contributed by atoms with E-state index in [1.54, 1.807) is 11.0 Å². The number of fused-ring (bicyclic) bond motifs is 1. The van der Waals surface area contributed by atoms with Crippen LogP contribution in [0.3, 0.4) is 0 Å². The van der Waals surface area contributed by atoms with Gasteiger partial charge in [0, 0.05) is 23.8 Å². The monoisotopic (exact) mass is 342 g/mol. The number of nitrogens with zero attached hydrogens (tertiary/aromatic N) is 1. The van der Waals surface area contributed by atoms with Gasteiger partial charge in [-0.3, -0.25) is 4.79 Å². The molecule has 3 nitrogen and oxygen atoms in total. The summed E-state index contributed by atoms with van der Waals surface area (Å²) in [5, 5.41) is 4.01. The molecule has 2 aromatic rings. The van der Waals surface area contributed by atoms with Crippen LogP contribution < -0.4 is 5.32 Å². The molecule has 0 spiro atoms. The van der Waals surface area contributed by atoms with Gasteiger partial charge in [0.05, 0.1) is 10.4 Å². The summed E-state index contributed by atoms with van der Waals surface area (Å²) < 4.78 is 38.7. The van der Waals surface area contributed by atoms with Gasteiger partial charge >= 0.3 is 6.18 Å². The molecule has 1 amide bonds. The lowest BCUT2D eigenvalue weighted by atomic mass is 10.1. The number of thiophene rings is 1. The average molecular weight is 342 g/mol. The van der Waals surface area contributed by atoms with E-state index in [9.17, 15) is 18.0 Å². The van der Waals surface area contributed by atoms with Crippen molar-refractivity contribution in [2.75, 3.05) is 19.6 Å². The maximum Gasteiger partial charge on any atom is 0.416 e. The van der Waals surface area contributed by atoms with Gasteiger partial charge in [-0.25, -0.2) is 0 Å². The molecule has 1 aliphatic rings. The lowest BCUT2D eigenvalue weighted by Gasteiger charge is -2.39. The molecule has 0 bridgehead atoms. The highest BCUT2D eigenvalue weighted by atomic mass is 32.1. The highest BCUT2D eigenvalue weighted by Crippen LogP contribution is 2.35. The number of halogens is 3. The first-order chi connectivity index (χ1) is 10.9. The third-order valence-corrected chi connectivity index (χ3v) is 5.00. The summed E-state index contributed by atoms with van der Waals surface area (Å²) in [6.45, 7) is 4.32. The van der Waals surface area contributed by atoms with Crippen LogP contribution in [0.1, 0.15) is 28.6 Å². The van der Waals surface area contributed by atoms with E-state index in [4.69, 9.17) is 0 Å². The van der Waals surface area contributed by atoms with Gasteiger partial charge in [-0.05, 0) is 36.6 Å². The van der Waals surface area contributed by atoms with Crippen LogP contribution in [0.15, 0.2) is 24.3 Å². The maximum absolute atomic E-state index is 12.7. The van der Waals surface area contributed by atoms with Gasteiger partial charge in [-0.15, -0.1) is 11.3 Å². The van der Waals surface area contributed by atoms with Gasteiger partial charge in [0.1, 0.15) is 0 Å². The van der Waals surface area contributed by atoms with E-state index in [2.05, 4.69) is 12.2 Å². The van der Waals surface area contributed by atoms with E-state index < -0.39 is 11.7 Å². The zero-order chi connectivity index (χ0) is 16.6. The number of carbonyl (C=O) groups excluding carboxylic acids is 1.